The molecule has 2 aromatic carbocycles. The van der Waals surface area contributed by atoms with Crippen LogP contribution in [0.3, 0.4) is 0 Å². The number of hydrogen-bond acceptors (Lipinski definition) is 5. The summed E-state index contributed by atoms with van der Waals surface area (Å²) in [6.07, 6.45) is 1.08. The first-order valence-corrected chi connectivity index (χ1v) is 7.89. The maximum absolute atomic E-state index is 12.5. The van der Waals surface area contributed by atoms with E-state index >= 15 is 0 Å². The van der Waals surface area contributed by atoms with E-state index < -0.39 is 17.8 Å². The maximum atomic E-state index is 12.5. The molecule has 0 atom stereocenters. The predicted octanol–water partition coefficient (Wildman–Crippen LogP) is 1.78. The first kappa shape index (κ1) is 19.6. The van der Waals surface area contributed by atoms with Crippen molar-refractivity contribution in [2.45, 2.75) is 12.8 Å². The highest BCUT2D eigenvalue weighted by atomic mass is 16.4. The highest BCUT2D eigenvalue weighted by Crippen LogP contribution is 2.23. The van der Waals surface area contributed by atoms with Gasteiger partial charge in [0.2, 0.25) is 0 Å². The number of carboxylic acid groups (broad SMARTS) is 2. The number of carbonyl (C=O) groups is 3. The molecular formula is C18H18N4O5. The summed E-state index contributed by atoms with van der Waals surface area (Å²) < 4.78 is 0. The van der Waals surface area contributed by atoms with Crippen LogP contribution in [0, 0.1) is 0 Å². The van der Waals surface area contributed by atoms with Gasteiger partial charge < -0.3 is 21.0 Å². The summed E-state index contributed by atoms with van der Waals surface area (Å²) in [5, 5.41) is 20.9. The van der Waals surface area contributed by atoms with E-state index in [1.165, 1.54) is 24.5 Å². The number of aryl methyl sites for hydroxylation is 1. The van der Waals surface area contributed by atoms with Crippen molar-refractivity contribution in [1.82, 2.24) is 5.43 Å². The number of nitrogens with one attached hydrogen (secondary N) is 2. The van der Waals surface area contributed by atoms with Crippen molar-refractivity contribution in [2.24, 2.45) is 10.8 Å². The molecule has 0 bridgehead atoms. The van der Waals surface area contributed by atoms with E-state index in [-0.39, 0.29) is 29.7 Å². The number of carbonyl (C=O) groups excluding carboxylic acids is 1. The Bertz CT molecular complexity index is 895. The van der Waals surface area contributed by atoms with E-state index in [0.717, 1.165) is 0 Å². The number of rotatable bonds is 8. The fraction of sp³-hybridized carbons (Fsp3) is 0.111. The second-order valence-electron chi connectivity index (χ2n) is 5.47. The van der Waals surface area contributed by atoms with Crippen molar-refractivity contribution in [1.29, 1.82) is 0 Å². The van der Waals surface area contributed by atoms with Crippen molar-refractivity contribution in [3.63, 3.8) is 0 Å². The normalized spacial score (nSPS) is 10.6. The van der Waals surface area contributed by atoms with Gasteiger partial charge in [0.1, 0.15) is 6.34 Å². The molecule has 0 aliphatic heterocycles. The average Bonchev–Trinajstić information content (AvgIpc) is 2.64. The third-order valence-electron chi connectivity index (χ3n) is 3.62. The lowest BCUT2D eigenvalue weighted by Crippen LogP contribution is -2.18. The molecule has 0 aromatic heterocycles. The zero-order chi connectivity index (χ0) is 19.8. The van der Waals surface area contributed by atoms with Crippen LogP contribution in [0.25, 0.3) is 0 Å². The Kier molecular flexibility index (Phi) is 6.61. The zero-order valence-corrected chi connectivity index (χ0v) is 14.2. The first-order valence-electron chi connectivity index (χ1n) is 7.89. The van der Waals surface area contributed by atoms with E-state index in [2.05, 4.69) is 15.7 Å². The van der Waals surface area contributed by atoms with Crippen LogP contribution < -0.4 is 16.6 Å². The molecule has 0 fully saturated rings. The van der Waals surface area contributed by atoms with Gasteiger partial charge in [0.15, 0.2) is 0 Å². The lowest BCUT2D eigenvalue weighted by atomic mass is 10.0. The molecule has 6 N–H and O–H groups in total. The molecule has 0 unspecified atom stereocenters. The van der Waals surface area contributed by atoms with Crippen LogP contribution in [0.2, 0.25) is 0 Å². The molecule has 9 nitrogen and oxygen atoms in total. The molecule has 1 amide bonds. The molecule has 0 spiro atoms. The van der Waals surface area contributed by atoms with E-state index in [4.69, 9.17) is 10.9 Å². The van der Waals surface area contributed by atoms with Crippen LogP contribution in [-0.2, 0) is 11.2 Å². The molecule has 0 saturated heterocycles. The number of aromatic carboxylic acids is 1. The molecule has 27 heavy (non-hydrogen) atoms. The lowest BCUT2D eigenvalue weighted by Gasteiger charge is -2.12. The van der Waals surface area contributed by atoms with Crippen LogP contribution in [0.4, 0.5) is 11.4 Å². The third-order valence-corrected chi connectivity index (χ3v) is 3.62. The average molecular weight is 370 g/mol. The second-order valence-corrected chi connectivity index (χ2v) is 5.47. The molecule has 0 aliphatic carbocycles. The number of nitrogens with zero attached hydrogens (tertiary/aromatic N) is 1. The van der Waals surface area contributed by atoms with Crippen LogP contribution >= 0.6 is 0 Å². The Balaban J connectivity index is 2.29. The number of hydrogen-bond donors (Lipinski definition) is 5. The van der Waals surface area contributed by atoms with Crippen LogP contribution in [0.1, 0.15) is 32.7 Å². The minimum Gasteiger partial charge on any atom is -0.481 e. The molecule has 2 rings (SSSR count). The quantitative estimate of drug-likeness (QED) is 0.205. The minimum atomic E-state index is -1.25. The Morgan fingerprint density at radius 1 is 1.11 bits per heavy atom. The number of hydrazine groups is 1. The topological polar surface area (TPSA) is 154 Å². The van der Waals surface area contributed by atoms with Gasteiger partial charge in [-0.25, -0.2) is 15.6 Å². The van der Waals surface area contributed by atoms with Gasteiger partial charge in [-0.3, -0.25) is 9.59 Å². The van der Waals surface area contributed by atoms with Gasteiger partial charge in [0.05, 0.1) is 16.9 Å². The number of carboxylic acids is 2. The van der Waals surface area contributed by atoms with Gasteiger partial charge in [0, 0.05) is 12.0 Å². The van der Waals surface area contributed by atoms with Gasteiger partial charge >= 0.3 is 11.9 Å². The van der Waals surface area contributed by atoms with Crippen LogP contribution in [-0.4, -0.2) is 34.4 Å². The molecule has 0 heterocycles. The number of aliphatic imine (C=N–C) groups is 1. The highest BCUT2D eigenvalue weighted by molar-refractivity contribution is 6.08. The van der Waals surface area contributed by atoms with E-state index in [1.807, 2.05) is 0 Å². The van der Waals surface area contributed by atoms with Crippen molar-refractivity contribution in [3.8, 4) is 0 Å². The van der Waals surface area contributed by atoms with E-state index in [1.54, 1.807) is 24.3 Å². The molecular weight excluding hydrogens is 352 g/mol. The molecule has 140 valence electrons. The van der Waals surface area contributed by atoms with Crippen molar-refractivity contribution in [2.75, 3.05) is 5.32 Å². The van der Waals surface area contributed by atoms with Crippen LogP contribution in [0.5, 0.6) is 0 Å². The van der Waals surface area contributed by atoms with Crippen molar-refractivity contribution < 1.29 is 24.6 Å². The van der Waals surface area contributed by atoms with E-state index in [9.17, 15) is 19.5 Å². The largest absolute Gasteiger partial charge is 0.481 e. The van der Waals surface area contributed by atoms with Crippen LogP contribution in [0.15, 0.2) is 47.5 Å². The van der Waals surface area contributed by atoms with Gasteiger partial charge in [-0.2, -0.15) is 0 Å². The lowest BCUT2D eigenvalue weighted by molar-refractivity contribution is -0.136. The molecule has 0 aliphatic rings. The summed E-state index contributed by atoms with van der Waals surface area (Å²) in [4.78, 5) is 38.9. The standard InChI is InChI=1S/C18H18N4O5/c19-21-10-20-13-5-1-4-12(9-13)17(25)22-14-6-2-3-11(7-8-15(23)24)16(14)18(26)27/h1-6,9-10H,7-8,19H2,(H,20,21)(H,22,25)(H,23,24)(H,26,27). The molecule has 0 radical (unpaired) electrons. The highest BCUT2D eigenvalue weighted by Gasteiger charge is 2.18. The Morgan fingerprint density at radius 2 is 1.85 bits per heavy atom. The van der Waals surface area contributed by atoms with E-state index in [0.29, 0.717) is 11.3 Å². The van der Waals surface area contributed by atoms with Gasteiger partial charge in [-0.1, -0.05) is 18.2 Å². The fourth-order valence-corrected chi connectivity index (χ4v) is 2.44. The summed E-state index contributed by atoms with van der Waals surface area (Å²) in [6, 6.07) is 10.9. The first-order chi connectivity index (χ1) is 12.9. The van der Waals surface area contributed by atoms with Gasteiger partial charge in [0.25, 0.3) is 5.91 Å². The number of aliphatic carboxylic acids is 1. The summed E-state index contributed by atoms with van der Waals surface area (Å²) in [5.74, 6) is 2.30. The molecule has 0 saturated carbocycles. The Morgan fingerprint density at radius 3 is 2.52 bits per heavy atom. The number of nitrogens with two attached hydrogens (primary N) is 1. The summed E-state index contributed by atoms with van der Waals surface area (Å²) in [5.41, 5.74) is 3.29. The summed E-state index contributed by atoms with van der Waals surface area (Å²) >= 11 is 0. The van der Waals surface area contributed by atoms with Crippen molar-refractivity contribution in [3.05, 3.63) is 59.2 Å². The smallest absolute Gasteiger partial charge is 0.338 e. The maximum Gasteiger partial charge on any atom is 0.338 e. The third kappa shape index (κ3) is 5.38. The van der Waals surface area contributed by atoms with Gasteiger partial charge in [-0.05, 0) is 36.2 Å². The monoisotopic (exact) mass is 370 g/mol. The van der Waals surface area contributed by atoms with Gasteiger partial charge in [-0.15, -0.1) is 0 Å². The number of anilines is 1. The predicted molar refractivity (Wildman–Crippen MR) is 99.2 cm³/mol. The fourth-order valence-electron chi connectivity index (χ4n) is 2.44. The second kappa shape index (κ2) is 9.11. The number of benzene rings is 2. The zero-order valence-electron chi connectivity index (χ0n) is 14.2. The summed E-state index contributed by atoms with van der Waals surface area (Å²) in [7, 11) is 0. The molecule has 2 aromatic rings. The molecule has 9 heteroatoms. The summed E-state index contributed by atoms with van der Waals surface area (Å²) in [6.45, 7) is 0. The SMILES string of the molecule is NNC=Nc1cccc(C(=O)Nc2cccc(CCC(=O)O)c2C(=O)O)c1. The number of amides is 1. The van der Waals surface area contributed by atoms with Crippen molar-refractivity contribution >= 4 is 35.6 Å². The Labute approximate surface area is 154 Å². The minimum absolute atomic E-state index is 0.0387. The Hall–Kier alpha value is -3.72.